The van der Waals surface area contributed by atoms with Crippen LogP contribution >= 0.6 is 11.5 Å². The van der Waals surface area contributed by atoms with Crippen LogP contribution in [0.25, 0.3) is 0 Å². The molecule has 6 heteroatoms. The summed E-state index contributed by atoms with van der Waals surface area (Å²) in [6.45, 7) is 3.78. The van der Waals surface area contributed by atoms with Crippen molar-refractivity contribution in [1.82, 2.24) is 9.36 Å². The molecule has 14 heavy (non-hydrogen) atoms. The first kappa shape index (κ1) is 9.67. The highest BCUT2D eigenvalue weighted by molar-refractivity contribution is 7.09. The van der Waals surface area contributed by atoms with Crippen LogP contribution in [0.15, 0.2) is 0 Å². The van der Waals surface area contributed by atoms with E-state index in [4.69, 9.17) is 10.5 Å². The third-order valence-corrected chi connectivity index (χ3v) is 3.09. The van der Waals surface area contributed by atoms with Gasteiger partial charge in [-0.05, 0) is 19.8 Å². The smallest absolute Gasteiger partial charge is 0.233 e. The van der Waals surface area contributed by atoms with E-state index in [0.29, 0.717) is 5.95 Å². The molecule has 1 fully saturated rings. The predicted octanol–water partition coefficient (Wildman–Crippen LogP) is 1.10. The van der Waals surface area contributed by atoms with Gasteiger partial charge < -0.3 is 15.8 Å². The number of anilines is 2. The van der Waals surface area contributed by atoms with Crippen molar-refractivity contribution in [2.75, 3.05) is 24.3 Å². The number of ether oxygens (including phenoxy) is 1. The van der Waals surface area contributed by atoms with Crippen LogP contribution in [-0.2, 0) is 4.74 Å². The molecule has 1 aromatic rings. The van der Waals surface area contributed by atoms with Gasteiger partial charge in [-0.25, -0.2) is 0 Å². The zero-order chi connectivity index (χ0) is 10.0. The monoisotopic (exact) mass is 214 g/mol. The molecule has 0 saturated carbocycles. The van der Waals surface area contributed by atoms with E-state index in [1.807, 2.05) is 0 Å². The second-order valence-corrected chi connectivity index (χ2v) is 4.51. The molecule has 0 unspecified atom stereocenters. The van der Waals surface area contributed by atoms with Crippen LogP contribution < -0.4 is 11.1 Å². The third kappa shape index (κ3) is 2.13. The number of hydrogen-bond acceptors (Lipinski definition) is 6. The Bertz CT molecular complexity index is 308. The Labute approximate surface area is 86.8 Å². The number of nitrogens with one attached hydrogen (secondary N) is 1. The minimum Gasteiger partial charge on any atom is -0.381 e. The van der Waals surface area contributed by atoms with Crippen LogP contribution in [0, 0.1) is 0 Å². The van der Waals surface area contributed by atoms with Crippen molar-refractivity contribution in [2.45, 2.75) is 25.3 Å². The molecule has 2 heterocycles. The van der Waals surface area contributed by atoms with E-state index in [2.05, 4.69) is 21.6 Å². The van der Waals surface area contributed by atoms with Crippen molar-refractivity contribution >= 4 is 22.6 Å². The number of nitrogens with two attached hydrogens (primary N) is 1. The van der Waals surface area contributed by atoms with E-state index in [1.54, 1.807) is 0 Å². The molecule has 2 rings (SSSR count). The van der Waals surface area contributed by atoms with Crippen molar-refractivity contribution in [3.05, 3.63) is 0 Å². The lowest BCUT2D eigenvalue weighted by atomic mass is 9.93. The fourth-order valence-electron chi connectivity index (χ4n) is 1.49. The zero-order valence-corrected chi connectivity index (χ0v) is 8.93. The fraction of sp³-hybridized carbons (Fsp3) is 0.750. The van der Waals surface area contributed by atoms with Crippen LogP contribution in [0.4, 0.5) is 11.1 Å². The van der Waals surface area contributed by atoms with Crippen LogP contribution in [0.3, 0.4) is 0 Å². The van der Waals surface area contributed by atoms with Gasteiger partial charge in [0.05, 0.1) is 0 Å². The molecule has 0 atom stereocenters. The van der Waals surface area contributed by atoms with Gasteiger partial charge in [-0.3, -0.25) is 0 Å². The number of nitrogen functional groups attached to an aromatic ring is 1. The van der Waals surface area contributed by atoms with Gasteiger partial charge in [0, 0.05) is 30.3 Å². The molecule has 1 aliphatic heterocycles. The average Bonchev–Trinajstić information content (AvgIpc) is 2.51. The van der Waals surface area contributed by atoms with Crippen LogP contribution in [0.1, 0.15) is 19.8 Å². The van der Waals surface area contributed by atoms with E-state index in [9.17, 15) is 0 Å². The molecule has 0 bridgehead atoms. The van der Waals surface area contributed by atoms with Gasteiger partial charge in [-0.15, -0.1) is 0 Å². The Morgan fingerprint density at radius 1 is 1.50 bits per heavy atom. The van der Waals surface area contributed by atoms with Crippen LogP contribution in [-0.4, -0.2) is 28.1 Å². The largest absolute Gasteiger partial charge is 0.381 e. The highest BCUT2D eigenvalue weighted by atomic mass is 32.1. The summed E-state index contributed by atoms with van der Waals surface area (Å²) in [4.78, 5) is 4.08. The number of rotatable bonds is 2. The summed E-state index contributed by atoms with van der Waals surface area (Å²) in [5.41, 5.74) is 5.52. The quantitative estimate of drug-likeness (QED) is 0.771. The first-order chi connectivity index (χ1) is 6.68. The standard InChI is InChI=1S/C8H14N4OS/c1-8(2-4-13-5-3-8)11-7-10-6(9)12-14-7/h2-5H2,1H3,(H3,9,10,11,12). The van der Waals surface area contributed by atoms with E-state index in [-0.39, 0.29) is 5.54 Å². The van der Waals surface area contributed by atoms with Crippen molar-refractivity contribution in [3.63, 3.8) is 0 Å². The summed E-state index contributed by atoms with van der Waals surface area (Å²) in [6.07, 6.45) is 1.99. The Kier molecular flexibility index (Phi) is 2.56. The third-order valence-electron chi connectivity index (χ3n) is 2.45. The molecule has 1 saturated heterocycles. The maximum atomic E-state index is 5.45. The highest BCUT2D eigenvalue weighted by Gasteiger charge is 2.27. The Morgan fingerprint density at radius 2 is 2.21 bits per heavy atom. The van der Waals surface area contributed by atoms with Gasteiger partial charge in [-0.1, -0.05) is 0 Å². The lowest BCUT2D eigenvalue weighted by molar-refractivity contribution is 0.0658. The van der Waals surface area contributed by atoms with Gasteiger partial charge in [-0.2, -0.15) is 9.36 Å². The molecule has 78 valence electrons. The summed E-state index contributed by atoms with van der Waals surface area (Å²) >= 11 is 1.30. The number of hydrogen-bond donors (Lipinski definition) is 2. The molecule has 0 amide bonds. The first-order valence-corrected chi connectivity index (χ1v) is 5.40. The summed E-state index contributed by atoms with van der Waals surface area (Å²) in [5.74, 6) is 0.341. The fourth-order valence-corrected chi connectivity index (χ4v) is 2.14. The minimum atomic E-state index is 0.0736. The topological polar surface area (TPSA) is 73.1 Å². The van der Waals surface area contributed by atoms with Gasteiger partial charge in [0.1, 0.15) is 0 Å². The van der Waals surface area contributed by atoms with Crippen molar-refractivity contribution in [1.29, 1.82) is 0 Å². The van der Waals surface area contributed by atoms with Gasteiger partial charge >= 0.3 is 0 Å². The van der Waals surface area contributed by atoms with Gasteiger partial charge in [0.15, 0.2) is 0 Å². The average molecular weight is 214 g/mol. The molecule has 3 N–H and O–H groups in total. The lowest BCUT2D eigenvalue weighted by Gasteiger charge is -2.34. The van der Waals surface area contributed by atoms with Gasteiger partial charge in [0.25, 0.3) is 0 Å². The van der Waals surface area contributed by atoms with Gasteiger partial charge in [0.2, 0.25) is 11.1 Å². The Hall–Kier alpha value is -0.880. The molecule has 0 spiro atoms. The highest BCUT2D eigenvalue weighted by Crippen LogP contribution is 2.26. The second kappa shape index (κ2) is 3.70. The van der Waals surface area contributed by atoms with Crippen LogP contribution in [0.5, 0.6) is 0 Å². The minimum absolute atomic E-state index is 0.0736. The number of aromatic nitrogens is 2. The zero-order valence-electron chi connectivity index (χ0n) is 8.12. The number of nitrogens with zero attached hydrogens (tertiary/aromatic N) is 2. The van der Waals surface area contributed by atoms with E-state index < -0.39 is 0 Å². The maximum Gasteiger partial charge on any atom is 0.233 e. The van der Waals surface area contributed by atoms with Crippen molar-refractivity contribution in [3.8, 4) is 0 Å². The maximum absolute atomic E-state index is 5.45. The summed E-state index contributed by atoms with van der Waals surface area (Å²) < 4.78 is 9.24. The van der Waals surface area contributed by atoms with E-state index in [1.165, 1.54) is 11.5 Å². The molecule has 5 nitrogen and oxygen atoms in total. The van der Waals surface area contributed by atoms with E-state index in [0.717, 1.165) is 31.2 Å². The van der Waals surface area contributed by atoms with Crippen LogP contribution in [0.2, 0.25) is 0 Å². The Morgan fingerprint density at radius 3 is 2.79 bits per heavy atom. The molecule has 0 radical (unpaired) electrons. The summed E-state index contributed by atoms with van der Waals surface area (Å²) in [5, 5.41) is 4.16. The van der Waals surface area contributed by atoms with Crippen molar-refractivity contribution in [2.24, 2.45) is 0 Å². The normalized spacial score (nSPS) is 20.6. The molecule has 1 aromatic heterocycles. The molecule has 0 aromatic carbocycles. The summed E-state index contributed by atoms with van der Waals surface area (Å²) in [7, 11) is 0. The van der Waals surface area contributed by atoms with E-state index >= 15 is 0 Å². The molecular formula is C8H14N4OS. The molecular weight excluding hydrogens is 200 g/mol. The first-order valence-electron chi connectivity index (χ1n) is 4.63. The Balaban J connectivity index is 2.01. The lowest BCUT2D eigenvalue weighted by Crippen LogP contribution is -2.40. The van der Waals surface area contributed by atoms with Crippen molar-refractivity contribution < 1.29 is 4.74 Å². The second-order valence-electron chi connectivity index (χ2n) is 3.76. The predicted molar refractivity (Wildman–Crippen MR) is 56.4 cm³/mol. The summed E-state index contributed by atoms with van der Waals surface area (Å²) in [6, 6.07) is 0. The molecule has 1 aliphatic rings. The molecule has 0 aliphatic carbocycles. The SMILES string of the molecule is CC1(Nc2nc(N)ns2)CCOCC1.